The van der Waals surface area contributed by atoms with Gasteiger partial charge in [-0.3, -0.25) is 0 Å². The Labute approximate surface area is 141 Å². The molecular weight excluding hydrogens is 292 g/mol. The maximum Gasteiger partial charge on any atom is 0.0726 e. The Morgan fingerprint density at radius 2 is 2.14 bits per heavy atom. The highest BCUT2D eigenvalue weighted by Gasteiger charge is 2.50. The van der Waals surface area contributed by atoms with Crippen molar-refractivity contribution in [1.82, 2.24) is 0 Å². The first-order valence-electron chi connectivity index (χ1n) is 8.84. The van der Waals surface area contributed by atoms with Gasteiger partial charge in [-0.15, -0.1) is 11.6 Å². The molecule has 22 heavy (non-hydrogen) atoms. The lowest BCUT2D eigenvalue weighted by Gasteiger charge is -2.55. The average molecular weight is 325 g/mol. The first kappa shape index (κ1) is 18.1. The predicted molar refractivity (Wildman–Crippen MR) is 96.2 cm³/mol. The summed E-state index contributed by atoms with van der Waals surface area (Å²) in [5, 5.41) is 10.2. The third-order valence-electron chi connectivity index (χ3n) is 6.18. The minimum atomic E-state index is -0.527. The lowest BCUT2D eigenvalue weighted by molar-refractivity contribution is -0.0336. The van der Waals surface area contributed by atoms with Gasteiger partial charge in [0, 0.05) is 0 Å². The summed E-state index contributed by atoms with van der Waals surface area (Å²) in [7, 11) is 0. The molecule has 2 heteroatoms. The third-order valence-corrected chi connectivity index (χ3v) is 6.43. The molecule has 4 unspecified atom stereocenters. The number of hydrogen-bond acceptors (Lipinski definition) is 1. The largest absolute Gasteiger partial charge is 0.391 e. The van der Waals surface area contributed by atoms with Crippen LogP contribution < -0.4 is 0 Å². The van der Waals surface area contributed by atoms with Gasteiger partial charge in [0.1, 0.15) is 0 Å². The minimum Gasteiger partial charge on any atom is -0.391 e. The van der Waals surface area contributed by atoms with Crippen LogP contribution in [0.2, 0.25) is 0 Å². The second-order valence-electron chi connectivity index (χ2n) is 8.48. The van der Waals surface area contributed by atoms with E-state index in [1.165, 1.54) is 30.4 Å². The molecule has 0 saturated heterocycles. The molecule has 2 rings (SSSR count). The quantitative estimate of drug-likeness (QED) is 0.507. The fourth-order valence-corrected chi connectivity index (χ4v) is 4.48. The minimum absolute atomic E-state index is 0.349. The van der Waals surface area contributed by atoms with Gasteiger partial charge in [-0.25, -0.2) is 0 Å². The van der Waals surface area contributed by atoms with Crippen molar-refractivity contribution < 1.29 is 5.11 Å². The number of allylic oxidation sites excluding steroid dienone is 3. The molecule has 0 aromatic heterocycles. The van der Waals surface area contributed by atoms with E-state index in [1.54, 1.807) is 0 Å². The fourth-order valence-electron chi connectivity index (χ4n) is 4.37. The molecule has 0 aromatic carbocycles. The summed E-state index contributed by atoms with van der Waals surface area (Å²) >= 11 is 6.25. The van der Waals surface area contributed by atoms with Gasteiger partial charge < -0.3 is 5.11 Å². The van der Waals surface area contributed by atoms with Gasteiger partial charge in [-0.2, -0.15) is 0 Å². The number of hydrogen-bond donors (Lipinski definition) is 1. The number of aliphatic hydroxyl groups is 1. The zero-order valence-electron chi connectivity index (χ0n) is 14.8. The topological polar surface area (TPSA) is 20.2 Å². The summed E-state index contributed by atoms with van der Waals surface area (Å²) in [5.74, 6) is 1.43. The molecule has 0 radical (unpaired) electrons. The van der Waals surface area contributed by atoms with Gasteiger partial charge in [0.2, 0.25) is 0 Å². The van der Waals surface area contributed by atoms with Crippen molar-refractivity contribution in [1.29, 1.82) is 0 Å². The van der Waals surface area contributed by atoms with E-state index in [0.717, 1.165) is 31.6 Å². The second kappa shape index (κ2) is 6.69. The van der Waals surface area contributed by atoms with Crippen LogP contribution in [0.5, 0.6) is 0 Å². The number of halogens is 1. The van der Waals surface area contributed by atoms with Crippen molar-refractivity contribution >= 4 is 11.6 Å². The van der Waals surface area contributed by atoms with Crippen LogP contribution in [-0.2, 0) is 0 Å². The van der Waals surface area contributed by atoms with Crippen LogP contribution in [0.4, 0.5) is 0 Å². The highest BCUT2D eigenvalue weighted by Crippen LogP contribution is 2.59. The van der Waals surface area contributed by atoms with E-state index in [-0.39, 0.29) is 0 Å². The maximum absolute atomic E-state index is 10.2. The molecule has 1 fully saturated rings. The molecule has 2 aliphatic carbocycles. The van der Waals surface area contributed by atoms with Crippen molar-refractivity contribution in [3.63, 3.8) is 0 Å². The van der Waals surface area contributed by atoms with Crippen LogP contribution in [0.1, 0.15) is 72.6 Å². The molecule has 0 bridgehead atoms. The van der Waals surface area contributed by atoms with Crippen molar-refractivity contribution in [3.05, 3.63) is 23.8 Å². The molecule has 0 spiro atoms. The molecule has 0 aliphatic heterocycles. The van der Waals surface area contributed by atoms with E-state index in [0.29, 0.717) is 11.3 Å². The summed E-state index contributed by atoms with van der Waals surface area (Å²) in [6.07, 6.45) is 9.87. The highest BCUT2D eigenvalue weighted by molar-refractivity contribution is 6.23. The van der Waals surface area contributed by atoms with Crippen molar-refractivity contribution in [2.45, 2.75) is 83.6 Å². The summed E-state index contributed by atoms with van der Waals surface area (Å²) in [5.41, 5.74) is 3.33. The predicted octanol–water partition coefficient (Wildman–Crippen LogP) is 5.86. The van der Waals surface area contributed by atoms with E-state index in [1.807, 2.05) is 13.8 Å². The monoisotopic (exact) mass is 324 g/mol. The molecular formula is C20H33ClO. The van der Waals surface area contributed by atoms with E-state index >= 15 is 0 Å². The standard InChI is InChI=1S/C20H33ClO/c1-14-7-6-8-15(2)16-13-20(5,17(16)10-9-14)12-11-18(22)19(3,4)21/h7,16-18,22H,2,6,8-13H2,1,3-5H3. The third kappa shape index (κ3) is 3.97. The Hall–Kier alpha value is -0.270. The Morgan fingerprint density at radius 1 is 1.45 bits per heavy atom. The van der Waals surface area contributed by atoms with E-state index in [4.69, 9.17) is 11.6 Å². The molecule has 0 amide bonds. The molecule has 1 N–H and O–H groups in total. The van der Waals surface area contributed by atoms with Crippen LogP contribution in [0, 0.1) is 17.3 Å². The molecule has 4 atom stereocenters. The Bertz CT molecular complexity index is 445. The van der Waals surface area contributed by atoms with Crippen LogP contribution >= 0.6 is 11.6 Å². The normalized spacial score (nSPS) is 34.6. The molecule has 0 aromatic rings. The first-order valence-corrected chi connectivity index (χ1v) is 9.21. The summed E-state index contributed by atoms with van der Waals surface area (Å²) in [6.45, 7) is 12.8. The highest BCUT2D eigenvalue weighted by atomic mass is 35.5. The molecule has 0 heterocycles. The van der Waals surface area contributed by atoms with Crippen LogP contribution in [0.3, 0.4) is 0 Å². The maximum atomic E-state index is 10.2. The molecule has 126 valence electrons. The van der Waals surface area contributed by atoms with E-state index in [2.05, 4.69) is 26.5 Å². The molecule has 1 nitrogen and oxygen atoms in total. The zero-order chi connectivity index (χ0) is 16.5. The molecule has 1 saturated carbocycles. The Balaban J connectivity index is 2.00. The Kier molecular flexibility index (Phi) is 5.50. The number of alkyl halides is 1. The number of aliphatic hydroxyl groups excluding tert-OH is 1. The average Bonchev–Trinajstić information content (AvgIpc) is 2.45. The smallest absolute Gasteiger partial charge is 0.0726 e. The SMILES string of the molecule is C=C1CCC=C(C)CCC2C1CC2(C)CCC(O)C(C)(C)Cl. The fraction of sp³-hybridized carbons (Fsp3) is 0.800. The van der Waals surface area contributed by atoms with Gasteiger partial charge in [0.05, 0.1) is 11.0 Å². The van der Waals surface area contributed by atoms with E-state index < -0.39 is 11.0 Å². The van der Waals surface area contributed by atoms with Crippen LogP contribution in [-0.4, -0.2) is 16.1 Å². The van der Waals surface area contributed by atoms with Crippen molar-refractivity contribution in [3.8, 4) is 0 Å². The van der Waals surface area contributed by atoms with Crippen molar-refractivity contribution in [2.24, 2.45) is 17.3 Å². The summed E-state index contributed by atoms with van der Waals surface area (Å²) < 4.78 is 0. The van der Waals surface area contributed by atoms with Gasteiger partial charge >= 0.3 is 0 Å². The summed E-state index contributed by atoms with van der Waals surface area (Å²) in [4.78, 5) is -0.527. The zero-order valence-corrected chi connectivity index (χ0v) is 15.5. The Morgan fingerprint density at radius 3 is 2.77 bits per heavy atom. The van der Waals surface area contributed by atoms with Crippen molar-refractivity contribution in [2.75, 3.05) is 0 Å². The van der Waals surface area contributed by atoms with Gasteiger partial charge in [0.25, 0.3) is 0 Å². The van der Waals surface area contributed by atoms with Gasteiger partial charge in [0.15, 0.2) is 0 Å². The van der Waals surface area contributed by atoms with Gasteiger partial charge in [-0.1, -0.05) is 30.7 Å². The summed E-state index contributed by atoms with van der Waals surface area (Å²) in [6, 6.07) is 0. The lowest BCUT2D eigenvalue weighted by Crippen LogP contribution is -2.47. The number of rotatable bonds is 4. The number of fused-ring (bicyclic) bond motifs is 1. The first-order chi connectivity index (χ1) is 10.1. The van der Waals surface area contributed by atoms with E-state index in [9.17, 15) is 5.11 Å². The van der Waals surface area contributed by atoms with Crippen LogP contribution in [0.15, 0.2) is 23.8 Å². The van der Waals surface area contributed by atoms with Crippen LogP contribution in [0.25, 0.3) is 0 Å². The lowest BCUT2D eigenvalue weighted by atomic mass is 9.49. The van der Waals surface area contributed by atoms with Gasteiger partial charge in [-0.05, 0) is 83.0 Å². The molecule has 2 aliphatic rings. The second-order valence-corrected chi connectivity index (χ2v) is 9.45.